The van der Waals surface area contributed by atoms with Crippen molar-refractivity contribution >= 4 is 18.1 Å². The lowest BCUT2D eigenvalue weighted by Crippen LogP contribution is -1.86. The number of hydrogen-bond acceptors (Lipinski definition) is 1. The standard InChI is InChI=1S/C8H11N.ClH/c1-6-3-7(2)5-8(9)4-6;/h3-5H,9H2,1-2H3;1H. The lowest BCUT2D eigenvalue weighted by atomic mass is 10.1. The van der Waals surface area contributed by atoms with Gasteiger partial charge in [0.25, 0.3) is 0 Å². The third-order valence-corrected chi connectivity index (χ3v) is 1.24. The number of nitrogen functional groups attached to an aromatic ring is 1. The van der Waals surface area contributed by atoms with E-state index in [1.807, 2.05) is 26.0 Å². The first-order valence-corrected chi connectivity index (χ1v) is 3.02. The fraction of sp³-hybridized carbons (Fsp3) is 0.250. The number of aryl methyl sites for hydroxylation is 2. The van der Waals surface area contributed by atoms with Gasteiger partial charge in [0.05, 0.1) is 0 Å². The fourth-order valence-corrected chi connectivity index (χ4v) is 1.01. The minimum absolute atomic E-state index is 0. The van der Waals surface area contributed by atoms with Crippen molar-refractivity contribution < 1.29 is 0 Å². The van der Waals surface area contributed by atoms with Gasteiger partial charge in [0.1, 0.15) is 0 Å². The first-order valence-electron chi connectivity index (χ1n) is 3.02. The first-order chi connectivity index (χ1) is 4.18. The molecule has 1 rings (SSSR count). The summed E-state index contributed by atoms with van der Waals surface area (Å²) in [6.07, 6.45) is 0. The van der Waals surface area contributed by atoms with E-state index in [-0.39, 0.29) is 12.4 Å². The third-order valence-electron chi connectivity index (χ3n) is 1.24. The first kappa shape index (κ1) is 9.31. The Hall–Kier alpha value is -0.690. The number of halogens is 1. The van der Waals surface area contributed by atoms with Gasteiger partial charge in [0, 0.05) is 5.69 Å². The summed E-state index contributed by atoms with van der Waals surface area (Å²) >= 11 is 0. The summed E-state index contributed by atoms with van der Waals surface area (Å²) in [6, 6.07) is 6.04. The van der Waals surface area contributed by atoms with Crippen molar-refractivity contribution in [1.29, 1.82) is 0 Å². The Balaban J connectivity index is 0.000000810. The predicted octanol–water partition coefficient (Wildman–Crippen LogP) is 2.31. The van der Waals surface area contributed by atoms with Crippen LogP contribution in [0.3, 0.4) is 0 Å². The molecule has 0 saturated carbocycles. The van der Waals surface area contributed by atoms with Crippen LogP contribution in [0.1, 0.15) is 11.1 Å². The largest absolute Gasteiger partial charge is 0.399 e. The highest BCUT2D eigenvalue weighted by atomic mass is 35.5. The maximum absolute atomic E-state index is 5.56. The maximum Gasteiger partial charge on any atom is 0.0319 e. The second-order valence-electron chi connectivity index (χ2n) is 2.42. The van der Waals surface area contributed by atoms with Gasteiger partial charge < -0.3 is 5.73 Å². The summed E-state index contributed by atoms with van der Waals surface area (Å²) in [5.74, 6) is 0. The molecule has 2 heteroatoms. The van der Waals surface area contributed by atoms with Crippen LogP contribution in [0.4, 0.5) is 5.69 Å². The topological polar surface area (TPSA) is 26.0 Å². The molecule has 0 amide bonds. The molecule has 0 spiro atoms. The van der Waals surface area contributed by atoms with Crippen LogP contribution in [-0.2, 0) is 0 Å². The van der Waals surface area contributed by atoms with Crippen LogP contribution in [0.15, 0.2) is 18.2 Å². The van der Waals surface area contributed by atoms with Crippen LogP contribution >= 0.6 is 12.4 Å². The number of hydrogen-bond donors (Lipinski definition) is 1. The highest BCUT2D eigenvalue weighted by Crippen LogP contribution is 2.08. The molecule has 56 valence electrons. The lowest BCUT2D eigenvalue weighted by molar-refractivity contribution is 1.39. The van der Waals surface area contributed by atoms with Crippen molar-refractivity contribution in [1.82, 2.24) is 0 Å². The van der Waals surface area contributed by atoms with E-state index in [4.69, 9.17) is 5.73 Å². The molecule has 0 unspecified atom stereocenters. The van der Waals surface area contributed by atoms with E-state index in [9.17, 15) is 0 Å². The zero-order chi connectivity index (χ0) is 6.85. The molecule has 0 bridgehead atoms. The average Bonchev–Trinajstić information content (AvgIpc) is 1.59. The molecule has 0 aliphatic rings. The zero-order valence-electron chi connectivity index (χ0n) is 6.22. The van der Waals surface area contributed by atoms with Crippen LogP contribution in [0.5, 0.6) is 0 Å². The minimum Gasteiger partial charge on any atom is -0.399 e. The lowest BCUT2D eigenvalue weighted by Gasteiger charge is -1.97. The van der Waals surface area contributed by atoms with E-state index in [1.165, 1.54) is 11.1 Å². The minimum atomic E-state index is 0. The van der Waals surface area contributed by atoms with Gasteiger partial charge in [-0.15, -0.1) is 12.4 Å². The Bertz CT molecular complexity index is 170. The Kier molecular flexibility index (Phi) is 3.23. The summed E-state index contributed by atoms with van der Waals surface area (Å²) < 4.78 is 0. The molecule has 10 heavy (non-hydrogen) atoms. The second-order valence-corrected chi connectivity index (χ2v) is 2.42. The number of benzene rings is 1. The maximum atomic E-state index is 5.56. The number of rotatable bonds is 0. The van der Waals surface area contributed by atoms with Gasteiger partial charge in [-0.2, -0.15) is 0 Å². The van der Waals surface area contributed by atoms with Crippen LogP contribution in [0.2, 0.25) is 0 Å². The molecule has 2 N–H and O–H groups in total. The molecule has 0 saturated heterocycles. The van der Waals surface area contributed by atoms with Gasteiger partial charge in [-0.05, 0) is 37.1 Å². The molecule has 0 radical (unpaired) electrons. The van der Waals surface area contributed by atoms with E-state index in [0.717, 1.165) is 5.69 Å². The van der Waals surface area contributed by atoms with Crippen molar-refractivity contribution in [3.63, 3.8) is 0 Å². The number of nitrogens with two attached hydrogens (primary N) is 1. The second kappa shape index (κ2) is 3.47. The average molecular weight is 158 g/mol. The Morgan fingerprint density at radius 3 is 1.70 bits per heavy atom. The van der Waals surface area contributed by atoms with Gasteiger partial charge in [-0.3, -0.25) is 0 Å². The van der Waals surface area contributed by atoms with Gasteiger partial charge in [-0.25, -0.2) is 0 Å². The monoisotopic (exact) mass is 157 g/mol. The van der Waals surface area contributed by atoms with Crippen LogP contribution in [-0.4, -0.2) is 0 Å². The van der Waals surface area contributed by atoms with E-state index in [2.05, 4.69) is 6.07 Å². The fourth-order valence-electron chi connectivity index (χ4n) is 1.01. The molecule has 0 fully saturated rings. The summed E-state index contributed by atoms with van der Waals surface area (Å²) in [5, 5.41) is 0. The van der Waals surface area contributed by atoms with Crippen LogP contribution in [0.25, 0.3) is 0 Å². The smallest absolute Gasteiger partial charge is 0.0319 e. The summed E-state index contributed by atoms with van der Waals surface area (Å²) in [7, 11) is 0. The van der Waals surface area contributed by atoms with E-state index < -0.39 is 0 Å². The molecule has 0 heterocycles. The molecule has 0 aliphatic carbocycles. The van der Waals surface area contributed by atoms with Crippen molar-refractivity contribution in [3.05, 3.63) is 29.3 Å². The van der Waals surface area contributed by atoms with E-state index >= 15 is 0 Å². The van der Waals surface area contributed by atoms with Gasteiger partial charge in [0.15, 0.2) is 0 Å². The van der Waals surface area contributed by atoms with Crippen molar-refractivity contribution in [2.75, 3.05) is 5.73 Å². The summed E-state index contributed by atoms with van der Waals surface area (Å²) in [4.78, 5) is 0. The SMILES string of the molecule is Cc1cc(C)cc(N)c1.Cl. The van der Waals surface area contributed by atoms with Crippen LogP contribution < -0.4 is 5.73 Å². The third kappa shape index (κ3) is 2.28. The van der Waals surface area contributed by atoms with Gasteiger partial charge in [-0.1, -0.05) is 6.07 Å². The summed E-state index contributed by atoms with van der Waals surface area (Å²) in [5.41, 5.74) is 8.87. The van der Waals surface area contributed by atoms with Gasteiger partial charge in [0.2, 0.25) is 0 Å². The molecule has 1 aromatic carbocycles. The Labute approximate surface area is 67.7 Å². The molecule has 0 aliphatic heterocycles. The molecule has 0 atom stereocenters. The van der Waals surface area contributed by atoms with Crippen LogP contribution in [0, 0.1) is 13.8 Å². The Morgan fingerprint density at radius 2 is 1.40 bits per heavy atom. The molecular formula is C8H12ClN. The van der Waals surface area contributed by atoms with E-state index in [1.54, 1.807) is 0 Å². The predicted molar refractivity (Wildman–Crippen MR) is 47.6 cm³/mol. The number of anilines is 1. The van der Waals surface area contributed by atoms with Gasteiger partial charge >= 0.3 is 0 Å². The van der Waals surface area contributed by atoms with E-state index in [0.29, 0.717) is 0 Å². The molecule has 0 aromatic heterocycles. The zero-order valence-corrected chi connectivity index (χ0v) is 7.03. The molecule has 1 aromatic rings. The summed E-state index contributed by atoms with van der Waals surface area (Å²) in [6.45, 7) is 4.09. The normalized spacial score (nSPS) is 8.60. The van der Waals surface area contributed by atoms with Crippen molar-refractivity contribution in [3.8, 4) is 0 Å². The highest BCUT2D eigenvalue weighted by molar-refractivity contribution is 5.85. The van der Waals surface area contributed by atoms with Crippen molar-refractivity contribution in [2.45, 2.75) is 13.8 Å². The molecular weight excluding hydrogens is 146 g/mol. The quantitative estimate of drug-likeness (QED) is 0.575. The Morgan fingerprint density at radius 1 is 1.00 bits per heavy atom. The highest BCUT2D eigenvalue weighted by Gasteiger charge is 1.87. The molecule has 1 nitrogen and oxygen atoms in total. The van der Waals surface area contributed by atoms with Crippen molar-refractivity contribution in [2.24, 2.45) is 0 Å².